The lowest BCUT2D eigenvalue weighted by atomic mass is 10.1. The van der Waals surface area contributed by atoms with Crippen molar-refractivity contribution in [2.45, 2.75) is 13.5 Å². The minimum absolute atomic E-state index is 0.288. The molecule has 3 aromatic rings. The van der Waals surface area contributed by atoms with Crippen LogP contribution in [0.1, 0.15) is 16.7 Å². The van der Waals surface area contributed by atoms with Crippen molar-refractivity contribution in [2.24, 2.45) is 0 Å². The highest BCUT2D eigenvalue weighted by Crippen LogP contribution is 2.23. The molecule has 0 bridgehead atoms. The van der Waals surface area contributed by atoms with E-state index in [0.717, 1.165) is 16.7 Å². The van der Waals surface area contributed by atoms with Gasteiger partial charge in [0.1, 0.15) is 6.61 Å². The van der Waals surface area contributed by atoms with Gasteiger partial charge in [-0.05, 0) is 54.0 Å². The van der Waals surface area contributed by atoms with Crippen LogP contribution < -0.4 is 10.1 Å². The SMILES string of the molecule is Cc1ccccc1COc1cccnc1NC(=O)/C=C/c1ccc(Cl)cc1. The number of pyridine rings is 1. The van der Waals surface area contributed by atoms with Gasteiger partial charge in [-0.25, -0.2) is 4.98 Å². The maximum Gasteiger partial charge on any atom is 0.249 e. The lowest BCUT2D eigenvalue weighted by Gasteiger charge is -2.12. The second-order valence-electron chi connectivity index (χ2n) is 5.94. The van der Waals surface area contributed by atoms with Crippen LogP contribution in [0.2, 0.25) is 5.02 Å². The van der Waals surface area contributed by atoms with E-state index in [1.165, 1.54) is 6.08 Å². The Morgan fingerprint density at radius 3 is 2.67 bits per heavy atom. The molecule has 1 aromatic heterocycles. The molecule has 5 heteroatoms. The zero-order valence-electron chi connectivity index (χ0n) is 14.9. The second kappa shape index (κ2) is 9.01. The average molecular weight is 379 g/mol. The number of halogens is 1. The number of carbonyl (C=O) groups excluding carboxylic acids is 1. The summed E-state index contributed by atoms with van der Waals surface area (Å²) < 4.78 is 5.86. The smallest absolute Gasteiger partial charge is 0.249 e. The van der Waals surface area contributed by atoms with Crippen LogP contribution >= 0.6 is 11.6 Å². The van der Waals surface area contributed by atoms with Crippen LogP contribution in [-0.2, 0) is 11.4 Å². The number of amides is 1. The summed E-state index contributed by atoms with van der Waals surface area (Å²) in [5.41, 5.74) is 3.12. The lowest BCUT2D eigenvalue weighted by molar-refractivity contribution is -0.111. The summed E-state index contributed by atoms with van der Waals surface area (Å²) in [6.45, 7) is 2.44. The number of carbonyl (C=O) groups is 1. The van der Waals surface area contributed by atoms with E-state index in [-0.39, 0.29) is 5.91 Å². The Kier molecular flexibility index (Phi) is 6.23. The summed E-state index contributed by atoms with van der Waals surface area (Å²) in [5, 5.41) is 3.41. The Balaban J connectivity index is 1.65. The molecule has 0 radical (unpaired) electrons. The minimum atomic E-state index is -0.288. The first-order valence-electron chi connectivity index (χ1n) is 8.49. The third kappa shape index (κ3) is 5.43. The Morgan fingerprint density at radius 1 is 1.11 bits per heavy atom. The van der Waals surface area contributed by atoms with Crippen LogP contribution in [0.5, 0.6) is 5.75 Å². The van der Waals surface area contributed by atoms with Gasteiger partial charge in [0.2, 0.25) is 5.91 Å². The number of nitrogens with one attached hydrogen (secondary N) is 1. The van der Waals surface area contributed by atoms with E-state index in [9.17, 15) is 4.79 Å². The second-order valence-corrected chi connectivity index (χ2v) is 6.38. The van der Waals surface area contributed by atoms with E-state index in [0.29, 0.717) is 23.2 Å². The molecule has 4 nitrogen and oxygen atoms in total. The monoisotopic (exact) mass is 378 g/mol. The number of ether oxygens (including phenoxy) is 1. The Bertz CT molecular complexity index is 953. The summed E-state index contributed by atoms with van der Waals surface area (Å²) in [7, 11) is 0. The number of nitrogens with zero attached hydrogens (tertiary/aromatic N) is 1. The van der Waals surface area contributed by atoms with Gasteiger partial charge in [0, 0.05) is 17.3 Å². The molecule has 1 heterocycles. The predicted octanol–water partition coefficient (Wildman–Crippen LogP) is 5.27. The molecule has 0 aliphatic carbocycles. The third-order valence-corrected chi connectivity index (χ3v) is 4.21. The van der Waals surface area contributed by atoms with Gasteiger partial charge in [-0.3, -0.25) is 4.79 Å². The van der Waals surface area contributed by atoms with Crippen LogP contribution in [0.25, 0.3) is 6.08 Å². The van der Waals surface area contributed by atoms with Crippen LogP contribution in [0.3, 0.4) is 0 Å². The Labute approximate surface area is 163 Å². The molecule has 0 unspecified atom stereocenters. The number of rotatable bonds is 6. The van der Waals surface area contributed by atoms with Gasteiger partial charge < -0.3 is 10.1 Å². The normalized spacial score (nSPS) is 10.7. The molecule has 0 saturated heterocycles. The van der Waals surface area contributed by atoms with Crippen molar-refractivity contribution < 1.29 is 9.53 Å². The van der Waals surface area contributed by atoms with Crippen molar-refractivity contribution >= 4 is 29.4 Å². The van der Waals surface area contributed by atoms with Gasteiger partial charge in [-0.1, -0.05) is 48.0 Å². The van der Waals surface area contributed by atoms with E-state index < -0.39 is 0 Å². The molecule has 27 heavy (non-hydrogen) atoms. The number of hydrogen-bond acceptors (Lipinski definition) is 3. The molecule has 1 amide bonds. The molecular formula is C22H19ClN2O2. The quantitative estimate of drug-likeness (QED) is 0.594. The van der Waals surface area contributed by atoms with E-state index >= 15 is 0 Å². The molecule has 0 atom stereocenters. The first kappa shape index (κ1) is 18.7. The number of hydrogen-bond donors (Lipinski definition) is 1. The molecule has 0 saturated carbocycles. The zero-order valence-corrected chi connectivity index (χ0v) is 15.6. The van der Waals surface area contributed by atoms with Crippen molar-refractivity contribution in [3.63, 3.8) is 0 Å². The van der Waals surface area contributed by atoms with Crippen LogP contribution in [-0.4, -0.2) is 10.9 Å². The third-order valence-electron chi connectivity index (χ3n) is 3.95. The molecule has 1 N–H and O–H groups in total. The highest BCUT2D eigenvalue weighted by atomic mass is 35.5. The molecule has 0 aliphatic heterocycles. The fraction of sp³-hybridized carbons (Fsp3) is 0.0909. The van der Waals surface area contributed by atoms with E-state index in [2.05, 4.69) is 10.3 Å². The molecule has 2 aromatic carbocycles. The van der Waals surface area contributed by atoms with E-state index in [1.807, 2.05) is 43.3 Å². The summed E-state index contributed by atoms with van der Waals surface area (Å²) in [4.78, 5) is 16.4. The van der Waals surface area contributed by atoms with Gasteiger partial charge in [-0.2, -0.15) is 0 Å². The summed E-state index contributed by atoms with van der Waals surface area (Å²) in [5.74, 6) is 0.621. The largest absolute Gasteiger partial charge is 0.485 e. The maximum absolute atomic E-state index is 12.2. The highest BCUT2D eigenvalue weighted by Gasteiger charge is 2.08. The van der Waals surface area contributed by atoms with Gasteiger partial charge in [0.25, 0.3) is 0 Å². The van der Waals surface area contributed by atoms with Gasteiger partial charge >= 0.3 is 0 Å². The highest BCUT2D eigenvalue weighted by molar-refractivity contribution is 6.30. The fourth-order valence-electron chi connectivity index (χ4n) is 2.43. The number of aryl methyl sites for hydroxylation is 1. The zero-order chi connectivity index (χ0) is 19.1. The van der Waals surface area contributed by atoms with Gasteiger partial charge in [0.05, 0.1) is 0 Å². The van der Waals surface area contributed by atoms with Gasteiger partial charge in [0.15, 0.2) is 11.6 Å². The van der Waals surface area contributed by atoms with E-state index in [1.54, 1.807) is 36.5 Å². The number of aromatic nitrogens is 1. The number of anilines is 1. The molecule has 136 valence electrons. The van der Waals surface area contributed by atoms with Crippen LogP contribution in [0.4, 0.5) is 5.82 Å². The number of benzene rings is 2. The molecule has 0 spiro atoms. The van der Waals surface area contributed by atoms with Crippen molar-refractivity contribution in [3.8, 4) is 5.75 Å². The first-order chi connectivity index (χ1) is 13.1. The van der Waals surface area contributed by atoms with E-state index in [4.69, 9.17) is 16.3 Å². The molecular weight excluding hydrogens is 360 g/mol. The van der Waals surface area contributed by atoms with Crippen LogP contribution in [0, 0.1) is 6.92 Å². The first-order valence-corrected chi connectivity index (χ1v) is 8.86. The lowest BCUT2D eigenvalue weighted by Crippen LogP contribution is -2.11. The Morgan fingerprint density at radius 2 is 1.89 bits per heavy atom. The van der Waals surface area contributed by atoms with Crippen LogP contribution in [0.15, 0.2) is 72.9 Å². The van der Waals surface area contributed by atoms with Gasteiger partial charge in [-0.15, -0.1) is 0 Å². The predicted molar refractivity (Wildman–Crippen MR) is 109 cm³/mol. The molecule has 0 aliphatic rings. The molecule has 3 rings (SSSR count). The summed E-state index contributed by atoms with van der Waals surface area (Å²) >= 11 is 5.86. The van der Waals surface area contributed by atoms with Crippen molar-refractivity contribution in [1.82, 2.24) is 4.98 Å². The van der Waals surface area contributed by atoms with Crippen molar-refractivity contribution in [1.29, 1.82) is 0 Å². The summed E-state index contributed by atoms with van der Waals surface area (Å²) in [6.07, 6.45) is 4.77. The van der Waals surface area contributed by atoms with Crippen molar-refractivity contribution in [2.75, 3.05) is 5.32 Å². The molecule has 0 fully saturated rings. The average Bonchev–Trinajstić information content (AvgIpc) is 2.68. The summed E-state index contributed by atoms with van der Waals surface area (Å²) in [6, 6.07) is 18.8. The maximum atomic E-state index is 12.2. The fourth-order valence-corrected chi connectivity index (χ4v) is 2.56. The standard InChI is InChI=1S/C22H19ClN2O2/c1-16-5-2-3-6-18(16)15-27-20-7-4-14-24-22(20)25-21(26)13-10-17-8-11-19(23)12-9-17/h2-14H,15H2,1H3,(H,24,25,26)/b13-10+. The minimum Gasteiger partial charge on any atom is -0.485 e. The Hall–Kier alpha value is -3.11. The van der Waals surface area contributed by atoms with Crippen molar-refractivity contribution in [3.05, 3.63) is 94.6 Å². The topological polar surface area (TPSA) is 51.2 Å².